The molecule has 0 amide bonds. The zero-order valence-electron chi connectivity index (χ0n) is 10.1. The van der Waals surface area contributed by atoms with E-state index in [9.17, 15) is 14.9 Å². The Morgan fingerprint density at radius 2 is 1.94 bits per heavy atom. The molecule has 1 aromatic carbocycles. The van der Waals surface area contributed by atoms with Crippen LogP contribution in [0.4, 0.5) is 0 Å². The number of nitrogens with zero attached hydrogens (tertiary/aromatic N) is 1. The lowest BCUT2D eigenvalue weighted by Crippen LogP contribution is -2.21. The average Bonchev–Trinajstić information content (AvgIpc) is 2.25. The number of Topliss-reactive ketones (excluding diaryl/α,β-unsaturated/α-hetero) is 1. The van der Waals surface area contributed by atoms with Crippen LogP contribution in [-0.2, 0) is 4.79 Å². The lowest BCUT2D eigenvalue weighted by atomic mass is 9.84. The van der Waals surface area contributed by atoms with Crippen LogP contribution in [0, 0.1) is 16.0 Å². The molecule has 0 unspecified atom stereocenters. The number of carbonyl (C=O) groups is 1. The average molecular weight is 235 g/mol. The van der Waals surface area contributed by atoms with Gasteiger partial charge in [-0.15, -0.1) is 0 Å². The van der Waals surface area contributed by atoms with E-state index in [0.717, 1.165) is 5.56 Å². The normalized spacial score (nSPS) is 14.0. The van der Waals surface area contributed by atoms with Gasteiger partial charge in [-0.05, 0) is 18.4 Å². The Balaban J connectivity index is 2.87. The van der Waals surface area contributed by atoms with E-state index in [1.165, 1.54) is 6.92 Å². The molecule has 92 valence electrons. The maximum Gasteiger partial charge on any atom is 0.210 e. The summed E-state index contributed by atoms with van der Waals surface area (Å²) >= 11 is 0. The minimum absolute atomic E-state index is 0.0136. The molecule has 0 saturated heterocycles. The van der Waals surface area contributed by atoms with Crippen LogP contribution in [0.25, 0.3) is 0 Å². The van der Waals surface area contributed by atoms with E-state index in [0.29, 0.717) is 6.42 Å². The van der Waals surface area contributed by atoms with Gasteiger partial charge in [-0.3, -0.25) is 10.1 Å². The largest absolute Gasteiger partial charge is 0.300 e. The molecule has 4 heteroatoms. The first-order chi connectivity index (χ1) is 8.00. The van der Waals surface area contributed by atoms with Gasteiger partial charge in [0.1, 0.15) is 5.78 Å². The van der Waals surface area contributed by atoms with Gasteiger partial charge in [0.15, 0.2) is 0 Å². The molecule has 4 nitrogen and oxygen atoms in total. The van der Waals surface area contributed by atoms with Crippen LogP contribution < -0.4 is 0 Å². The van der Waals surface area contributed by atoms with Crippen LogP contribution in [0.5, 0.6) is 0 Å². The fourth-order valence-corrected chi connectivity index (χ4v) is 2.07. The van der Waals surface area contributed by atoms with E-state index in [2.05, 4.69) is 0 Å². The molecule has 0 aliphatic heterocycles. The second-order valence-corrected chi connectivity index (χ2v) is 4.42. The van der Waals surface area contributed by atoms with Gasteiger partial charge < -0.3 is 4.79 Å². The molecule has 0 heterocycles. The summed E-state index contributed by atoms with van der Waals surface area (Å²) in [6, 6.07) is 9.36. The zero-order chi connectivity index (χ0) is 12.8. The highest BCUT2D eigenvalue weighted by atomic mass is 16.6. The van der Waals surface area contributed by atoms with Crippen molar-refractivity contribution in [2.75, 3.05) is 6.54 Å². The first kappa shape index (κ1) is 13.4. The first-order valence-corrected chi connectivity index (χ1v) is 5.67. The topological polar surface area (TPSA) is 60.2 Å². The predicted octanol–water partition coefficient (Wildman–Crippen LogP) is 2.66. The molecule has 0 aromatic heterocycles. The Kier molecular flexibility index (Phi) is 4.82. The molecule has 1 aromatic rings. The van der Waals surface area contributed by atoms with Crippen molar-refractivity contribution in [3.8, 4) is 0 Å². The van der Waals surface area contributed by atoms with Crippen molar-refractivity contribution in [3.05, 3.63) is 46.0 Å². The van der Waals surface area contributed by atoms with E-state index in [1.807, 2.05) is 37.3 Å². The minimum Gasteiger partial charge on any atom is -0.300 e. The number of ketones is 1. The van der Waals surface area contributed by atoms with E-state index in [-0.39, 0.29) is 29.1 Å². The molecule has 0 radical (unpaired) electrons. The van der Waals surface area contributed by atoms with Crippen molar-refractivity contribution < 1.29 is 9.72 Å². The van der Waals surface area contributed by atoms with Gasteiger partial charge >= 0.3 is 0 Å². The molecule has 0 aliphatic carbocycles. The Morgan fingerprint density at radius 1 is 1.35 bits per heavy atom. The molecule has 0 N–H and O–H groups in total. The summed E-state index contributed by atoms with van der Waals surface area (Å²) in [5, 5.41) is 10.7. The van der Waals surface area contributed by atoms with Gasteiger partial charge in [0.2, 0.25) is 6.54 Å². The molecule has 0 spiro atoms. The summed E-state index contributed by atoms with van der Waals surface area (Å²) in [4.78, 5) is 21.5. The second kappa shape index (κ2) is 6.13. The molecule has 0 fully saturated rings. The SMILES string of the molecule is CC(=O)C[C@H](C)[C@H](C[N+](=O)[O-])c1ccccc1. The van der Waals surface area contributed by atoms with Gasteiger partial charge in [-0.25, -0.2) is 0 Å². The number of carbonyl (C=O) groups excluding carboxylic acids is 1. The standard InChI is InChI=1S/C13H17NO3/c1-10(8-11(2)15)13(9-14(16)17)12-6-4-3-5-7-12/h3-7,10,13H,8-9H2,1-2H3/t10-,13-/m0/s1. The van der Waals surface area contributed by atoms with Crippen LogP contribution in [0.3, 0.4) is 0 Å². The number of rotatable bonds is 6. The smallest absolute Gasteiger partial charge is 0.210 e. The summed E-state index contributed by atoms with van der Waals surface area (Å²) in [6.07, 6.45) is 0.382. The van der Waals surface area contributed by atoms with E-state index < -0.39 is 0 Å². The molecule has 1 rings (SSSR count). The summed E-state index contributed by atoms with van der Waals surface area (Å²) in [5.74, 6) is -0.142. The number of benzene rings is 1. The highest BCUT2D eigenvalue weighted by Crippen LogP contribution is 2.27. The first-order valence-electron chi connectivity index (χ1n) is 5.67. The summed E-state index contributed by atoms with van der Waals surface area (Å²) in [7, 11) is 0. The summed E-state index contributed by atoms with van der Waals surface area (Å²) in [5.41, 5.74) is 0.929. The summed E-state index contributed by atoms with van der Waals surface area (Å²) < 4.78 is 0. The fraction of sp³-hybridized carbons (Fsp3) is 0.462. The molecule has 2 atom stereocenters. The van der Waals surface area contributed by atoms with Gasteiger partial charge in [0.05, 0.1) is 5.92 Å². The Morgan fingerprint density at radius 3 is 2.41 bits per heavy atom. The van der Waals surface area contributed by atoms with E-state index in [4.69, 9.17) is 0 Å². The highest BCUT2D eigenvalue weighted by Gasteiger charge is 2.25. The van der Waals surface area contributed by atoms with Crippen LogP contribution in [0.2, 0.25) is 0 Å². The lowest BCUT2D eigenvalue weighted by Gasteiger charge is -2.19. The molecule has 0 saturated carbocycles. The monoisotopic (exact) mass is 235 g/mol. The van der Waals surface area contributed by atoms with Crippen LogP contribution >= 0.6 is 0 Å². The predicted molar refractivity (Wildman–Crippen MR) is 65.5 cm³/mol. The van der Waals surface area contributed by atoms with Crippen molar-refractivity contribution >= 4 is 5.78 Å². The number of nitro groups is 1. The van der Waals surface area contributed by atoms with Gasteiger partial charge in [-0.1, -0.05) is 37.3 Å². The van der Waals surface area contributed by atoms with Crippen molar-refractivity contribution in [3.63, 3.8) is 0 Å². The van der Waals surface area contributed by atoms with Crippen molar-refractivity contribution in [2.24, 2.45) is 5.92 Å². The molecule has 0 aliphatic rings. The molecule has 0 bridgehead atoms. The summed E-state index contributed by atoms with van der Waals surface area (Å²) in [6.45, 7) is 3.28. The van der Waals surface area contributed by atoms with Gasteiger partial charge in [-0.2, -0.15) is 0 Å². The van der Waals surface area contributed by atoms with Gasteiger partial charge in [0, 0.05) is 11.3 Å². The highest BCUT2D eigenvalue weighted by molar-refractivity contribution is 5.75. The molecular formula is C13H17NO3. The van der Waals surface area contributed by atoms with Crippen LogP contribution in [0.1, 0.15) is 31.7 Å². The Bertz CT molecular complexity index is 389. The van der Waals surface area contributed by atoms with Crippen LogP contribution in [0.15, 0.2) is 30.3 Å². The third-order valence-corrected chi connectivity index (χ3v) is 2.87. The quantitative estimate of drug-likeness (QED) is 0.562. The lowest BCUT2D eigenvalue weighted by molar-refractivity contribution is -0.484. The third kappa shape index (κ3) is 4.34. The number of hydrogen-bond donors (Lipinski definition) is 0. The Hall–Kier alpha value is -1.71. The second-order valence-electron chi connectivity index (χ2n) is 4.42. The maximum absolute atomic E-state index is 11.1. The van der Waals surface area contributed by atoms with E-state index >= 15 is 0 Å². The van der Waals surface area contributed by atoms with Crippen molar-refractivity contribution in [1.29, 1.82) is 0 Å². The van der Waals surface area contributed by atoms with E-state index in [1.54, 1.807) is 0 Å². The zero-order valence-corrected chi connectivity index (χ0v) is 10.1. The Labute approximate surface area is 101 Å². The maximum atomic E-state index is 11.1. The molecular weight excluding hydrogens is 218 g/mol. The van der Waals surface area contributed by atoms with Gasteiger partial charge in [0.25, 0.3) is 0 Å². The van der Waals surface area contributed by atoms with Crippen LogP contribution in [-0.4, -0.2) is 17.3 Å². The molecule has 17 heavy (non-hydrogen) atoms. The van der Waals surface area contributed by atoms with Crippen molar-refractivity contribution in [2.45, 2.75) is 26.2 Å². The fourth-order valence-electron chi connectivity index (χ4n) is 2.07. The third-order valence-electron chi connectivity index (χ3n) is 2.87. The van der Waals surface area contributed by atoms with Crippen molar-refractivity contribution in [1.82, 2.24) is 0 Å². The number of hydrogen-bond acceptors (Lipinski definition) is 3. The minimum atomic E-state index is -0.311.